The number of rotatable bonds is 18. The van der Waals surface area contributed by atoms with Crippen LogP contribution in [-0.2, 0) is 32.0 Å². The largest absolute Gasteiger partial charge is 0.463 e. The summed E-state index contributed by atoms with van der Waals surface area (Å²) in [5.41, 5.74) is 1.99. The third-order valence-electron chi connectivity index (χ3n) is 6.07. The van der Waals surface area contributed by atoms with Gasteiger partial charge in [-0.1, -0.05) is 72.8 Å². The summed E-state index contributed by atoms with van der Waals surface area (Å²) in [5.74, 6) is -1.61. The number of allylic oxidation sites excluding steroid dienone is 2. The second kappa shape index (κ2) is 17.7. The Hall–Kier alpha value is -3.71. The molecule has 0 heterocycles. The van der Waals surface area contributed by atoms with Gasteiger partial charge in [0.05, 0.1) is 24.6 Å². The summed E-state index contributed by atoms with van der Waals surface area (Å²) in [6.45, 7) is 7.21. The molecule has 0 bridgehead atoms. The van der Waals surface area contributed by atoms with Crippen molar-refractivity contribution in [2.45, 2.75) is 57.0 Å². The van der Waals surface area contributed by atoms with E-state index in [1.807, 2.05) is 60.7 Å². The first-order valence-electron chi connectivity index (χ1n) is 13.1. The number of esters is 1. The van der Waals surface area contributed by atoms with Gasteiger partial charge in [-0.05, 0) is 43.2 Å². The molecule has 3 atom stereocenters. The Morgan fingerprint density at radius 2 is 1.47 bits per heavy atom. The molecular weight excluding hydrogens is 480 g/mol. The third kappa shape index (κ3) is 12.0. The Kier molecular flexibility index (Phi) is 14.2. The van der Waals surface area contributed by atoms with Crippen LogP contribution in [0.2, 0.25) is 0 Å². The van der Waals surface area contributed by atoms with E-state index in [0.29, 0.717) is 25.7 Å². The van der Waals surface area contributed by atoms with E-state index in [-0.39, 0.29) is 43.8 Å². The predicted molar refractivity (Wildman–Crippen MR) is 149 cm³/mol. The normalized spacial score (nSPS) is 13.0. The van der Waals surface area contributed by atoms with Gasteiger partial charge in [-0.25, -0.2) is 0 Å². The maximum atomic E-state index is 13.2. The first-order chi connectivity index (χ1) is 18.4. The van der Waals surface area contributed by atoms with Crippen LogP contribution in [0.15, 0.2) is 86.0 Å². The summed E-state index contributed by atoms with van der Waals surface area (Å²) >= 11 is 0. The maximum Gasteiger partial charge on any atom is 0.305 e. The second-order valence-corrected chi connectivity index (χ2v) is 9.32. The minimum atomic E-state index is -0.648. The number of ether oxygens (including phenoxy) is 1. The average Bonchev–Trinajstić information content (AvgIpc) is 2.92. The van der Waals surface area contributed by atoms with Crippen molar-refractivity contribution in [2.24, 2.45) is 5.92 Å². The molecule has 38 heavy (non-hydrogen) atoms. The lowest BCUT2D eigenvalue weighted by Gasteiger charge is -2.23. The van der Waals surface area contributed by atoms with Crippen molar-refractivity contribution in [1.29, 1.82) is 0 Å². The molecule has 0 fully saturated rings. The van der Waals surface area contributed by atoms with E-state index in [4.69, 9.17) is 4.74 Å². The first kappa shape index (κ1) is 30.5. The fourth-order valence-corrected chi connectivity index (χ4v) is 4.08. The summed E-state index contributed by atoms with van der Waals surface area (Å²) in [5, 5.41) is 15.6. The van der Waals surface area contributed by atoms with Crippen molar-refractivity contribution >= 4 is 17.8 Å². The molecule has 7 nitrogen and oxygen atoms in total. The molecule has 0 aliphatic carbocycles. The zero-order valence-electron chi connectivity index (χ0n) is 22.0. The minimum Gasteiger partial charge on any atom is -0.463 e. The number of aliphatic hydroxyl groups is 1. The lowest BCUT2D eigenvalue weighted by atomic mass is 9.98. The smallest absolute Gasteiger partial charge is 0.305 e. The molecule has 0 saturated heterocycles. The Morgan fingerprint density at radius 3 is 2.03 bits per heavy atom. The highest BCUT2D eigenvalue weighted by Gasteiger charge is 2.25. The van der Waals surface area contributed by atoms with Gasteiger partial charge in [-0.3, -0.25) is 14.4 Å². The van der Waals surface area contributed by atoms with Gasteiger partial charge in [0.1, 0.15) is 6.61 Å². The summed E-state index contributed by atoms with van der Waals surface area (Å²) in [6, 6.07) is 18.3. The highest BCUT2D eigenvalue weighted by Crippen LogP contribution is 2.13. The highest BCUT2D eigenvalue weighted by atomic mass is 16.5. The summed E-state index contributed by atoms with van der Waals surface area (Å²) in [7, 11) is 0. The van der Waals surface area contributed by atoms with Crippen LogP contribution in [0.25, 0.3) is 0 Å². The number of nitrogens with one attached hydrogen (secondary N) is 2. The molecule has 2 amide bonds. The van der Waals surface area contributed by atoms with Crippen LogP contribution in [0.1, 0.15) is 43.2 Å². The van der Waals surface area contributed by atoms with Crippen LogP contribution >= 0.6 is 0 Å². The van der Waals surface area contributed by atoms with Crippen LogP contribution in [0, 0.1) is 5.92 Å². The van der Waals surface area contributed by atoms with Crippen LogP contribution in [0.4, 0.5) is 0 Å². The van der Waals surface area contributed by atoms with E-state index in [1.165, 1.54) is 0 Å². The van der Waals surface area contributed by atoms with Gasteiger partial charge in [0.15, 0.2) is 0 Å². The number of carbonyl (C=O) groups is 3. The second-order valence-electron chi connectivity index (χ2n) is 9.32. The van der Waals surface area contributed by atoms with Crippen molar-refractivity contribution in [3.63, 3.8) is 0 Å². The molecule has 0 aliphatic rings. The fraction of sp³-hybridized carbons (Fsp3) is 0.387. The molecule has 2 aromatic carbocycles. The van der Waals surface area contributed by atoms with Crippen molar-refractivity contribution in [2.75, 3.05) is 13.2 Å². The summed E-state index contributed by atoms with van der Waals surface area (Å²) in [6.07, 6.45) is 6.25. The highest BCUT2D eigenvalue weighted by molar-refractivity contribution is 5.86. The van der Waals surface area contributed by atoms with Gasteiger partial charge in [0.2, 0.25) is 11.8 Å². The molecular formula is C31H40N2O5. The number of aliphatic hydroxyl groups excluding tert-OH is 1. The van der Waals surface area contributed by atoms with Crippen LogP contribution in [0.3, 0.4) is 0 Å². The lowest BCUT2D eigenvalue weighted by molar-refractivity contribution is -0.145. The van der Waals surface area contributed by atoms with Crippen LogP contribution < -0.4 is 10.6 Å². The molecule has 2 rings (SSSR count). The maximum absolute atomic E-state index is 13.2. The Bertz CT molecular complexity index is 1010. The van der Waals surface area contributed by atoms with Gasteiger partial charge in [0.25, 0.3) is 0 Å². The zero-order chi connectivity index (χ0) is 27.6. The molecule has 0 radical (unpaired) electrons. The van der Waals surface area contributed by atoms with Crippen molar-refractivity contribution in [1.82, 2.24) is 10.6 Å². The van der Waals surface area contributed by atoms with E-state index in [9.17, 15) is 19.5 Å². The van der Waals surface area contributed by atoms with Crippen molar-refractivity contribution in [3.8, 4) is 0 Å². The quantitative estimate of drug-likeness (QED) is 0.157. The predicted octanol–water partition coefficient (Wildman–Crippen LogP) is 3.92. The number of hydrogen-bond donors (Lipinski definition) is 3. The topological polar surface area (TPSA) is 105 Å². The van der Waals surface area contributed by atoms with Gasteiger partial charge in [0, 0.05) is 12.8 Å². The zero-order valence-corrected chi connectivity index (χ0v) is 22.0. The average molecular weight is 521 g/mol. The molecule has 3 N–H and O–H groups in total. The van der Waals surface area contributed by atoms with E-state index < -0.39 is 18.0 Å². The number of benzene rings is 2. The summed E-state index contributed by atoms with van der Waals surface area (Å²) < 4.78 is 5.45. The lowest BCUT2D eigenvalue weighted by Crippen LogP contribution is -2.45. The molecule has 0 spiro atoms. The third-order valence-corrected chi connectivity index (χ3v) is 6.07. The first-order valence-corrected chi connectivity index (χ1v) is 13.1. The Balaban J connectivity index is 2.00. The van der Waals surface area contributed by atoms with Crippen LogP contribution in [0.5, 0.6) is 0 Å². The number of unbranched alkanes of at least 4 members (excludes halogenated alkanes) is 1. The molecule has 3 unspecified atom stereocenters. The molecule has 204 valence electrons. The number of hydrogen-bond acceptors (Lipinski definition) is 5. The van der Waals surface area contributed by atoms with Gasteiger partial charge >= 0.3 is 5.97 Å². The number of amides is 2. The fourth-order valence-electron chi connectivity index (χ4n) is 4.08. The van der Waals surface area contributed by atoms with Crippen LogP contribution in [-0.4, -0.2) is 48.2 Å². The standard InChI is InChI=1S/C31H40N2O5/c1-3-5-8-18-30(36)38-23-28(20-25-16-11-7-12-17-25)33-31(37)26(13-4-2)21-29(35)32-27(22-34)19-24-14-9-6-10-15-24/h3-4,6-7,9-12,14-17,26-28,34H,1-2,5,8,13,18-23H2,(H,32,35)(H,33,37). The summed E-state index contributed by atoms with van der Waals surface area (Å²) in [4.78, 5) is 38.2. The molecule has 7 heteroatoms. The number of carbonyl (C=O) groups excluding carboxylic acids is 3. The molecule has 0 aromatic heterocycles. The Morgan fingerprint density at radius 1 is 0.868 bits per heavy atom. The van der Waals surface area contributed by atoms with E-state index >= 15 is 0 Å². The van der Waals surface area contributed by atoms with Gasteiger partial charge in [-0.15, -0.1) is 13.2 Å². The SMILES string of the molecule is C=CCCCC(=O)OCC(Cc1ccccc1)NC(=O)C(CC=C)CC(=O)NC(CO)Cc1ccccc1. The van der Waals surface area contributed by atoms with Gasteiger partial charge < -0.3 is 20.5 Å². The molecule has 2 aromatic rings. The Labute approximate surface area is 226 Å². The minimum absolute atomic E-state index is 0.0320. The van der Waals surface area contributed by atoms with E-state index in [0.717, 1.165) is 17.5 Å². The monoisotopic (exact) mass is 520 g/mol. The molecule has 0 saturated carbocycles. The van der Waals surface area contributed by atoms with Crippen molar-refractivity contribution < 1.29 is 24.2 Å². The van der Waals surface area contributed by atoms with Crippen molar-refractivity contribution in [3.05, 3.63) is 97.1 Å². The molecule has 0 aliphatic heterocycles. The van der Waals surface area contributed by atoms with E-state index in [1.54, 1.807) is 12.2 Å². The van der Waals surface area contributed by atoms with E-state index in [2.05, 4.69) is 23.8 Å². The van der Waals surface area contributed by atoms with Gasteiger partial charge in [-0.2, -0.15) is 0 Å².